The highest BCUT2D eigenvalue weighted by Crippen LogP contribution is 2.64. The molecule has 5 saturated carbocycles. The summed E-state index contributed by atoms with van der Waals surface area (Å²) in [6.45, 7) is 2.10. The Bertz CT molecular complexity index is 812. The van der Waals surface area contributed by atoms with Crippen LogP contribution in [0.25, 0.3) is 0 Å². The molecule has 1 aliphatic heterocycles. The quantitative estimate of drug-likeness (QED) is 0.466. The lowest BCUT2D eigenvalue weighted by molar-refractivity contribution is -0.390. The van der Waals surface area contributed by atoms with Gasteiger partial charge in [-0.15, -0.1) is 0 Å². The summed E-state index contributed by atoms with van der Waals surface area (Å²) in [4.78, 5) is 23.7. The first kappa shape index (κ1) is 20.9. The first-order chi connectivity index (χ1) is 15.6. The van der Waals surface area contributed by atoms with Gasteiger partial charge in [0, 0.05) is 24.7 Å². The molecule has 1 heterocycles. The standard InChI is InChI=1S/C26H34O6/c1-2-28-24(27)16-29-23-5-3-19(4-6-23)20-7-9-25(10-8-20)30-26(32-31-25)21-12-17-11-18(14-21)15-22(26)13-17/h3-6,17-18,20-22H,2,7-16H2,1H3. The fourth-order valence-electron chi connectivity index (χ4n) is 7.37. The van der Waals surface area contributed by atoms with Crippen molar-refractivity contribution in [3.05, 3.63) is 29.8 Å². The van der Waals surface area contributed by atoms with Crippen molar-refractivity contribution in [3.8, 4) is 5.75 Å². The lowest BCUT2D eigenvalue weighted by atomic mass is 9.53. The maximum absolute atomic E-state index is 11.5. The molecule has 1 aromatic carbocycles. The smallest absolute Gasteiger partial charge is 0.344 e. The Morgan fingerprint density at radius 1 is 0.969 bits per heavy atom. The summed E-state index contributed by atoms with van der Waals surface area (Å²) in [7, 11) is 0. The van der Waals surface area contributed by atoms with Crippen LogP contribution in [0.2, 0.25) is 0 Å². The second kappa shape index (κ2) is 8.00. The minimum absolute atomic E-state index is 0.0565. The van der Waals surface area contributed by atoms with Crippen molar-refractivity contribution in [2.24, 2.45) is 23.7 Å². The Morgan fingerprint density at radius 3 is 2.25 bits per heavy atom. The predicted molar refractivity (Wildman–Crippen MR) is 116 cm³/mol. The molecule has 6 nitrogen and oxygen atoms in total. The van der Waals surface area contributed by atoms with Crippen LogP contribution in [0.4, 0.5) is 0 Å². The number of esters is 1. The number of carbonyl (C=O) groups excluding carboxylic acids is 1. The molecule has 0 aromatic heterocycles. The Morgan fingerprint density at radius 2 is 1.62 bits per heavy atom. The Kier molecular flexibility index (Phi) is 5.23. The van der Waals surface area contributed by atoms with Gasteiger partial charge < -0.3 is 14.2 Å². The minimum atomic E-state index is -0.561. The van der Waals surface area contributed by atoms with Crippen molar-refractivity contribution >= 4 is 5.97 Å². The summed E-state index contributed by atoms with van der Waals surface area (Å²) < 4.78 is 17.2. The molecule has 7 rings (SSSR count). The molecule has 0 amide bonds. The van der Waals surface area contributed by atoms with E-state index in [1.807, 2.05) is 12.1 Å². The number of rotatable bonds is 5. The molecule has 5 aliphatic carbocycles. The summed E-state index contributed by atoms with van der Waals surface area (Å²) >= 11 is 0. The van der Waals surface area contributed by atoms with Gasteiger partial charge >= 0.3 is 5.97 Å². The molecule has 6 aliphatic rings. The second-order valence-corrected chi connectivity index (χ2v) is 10.6. The van der Waals surface area contributed by atoms with Crippen LogP contribution in [-0.4, -0.2) is 30.8 Å². The zero-order valence-electron chi connectivity index (χ0n) is 18.9. The maximum atomic E-state index is 11.5. The molecular formula is C26H34O6. The summed E-state index contributed by atoms with van der Waals surface area (Å²) in [5, 5.41) is 0. The molecule has 0 unspecified atom stereocenters. The van der Waals surface area contributed by atoms with Gasteiger partial charge in [-0.3, -0.25) is 0 Å². The molecule has 174 valence electrons. The minimum Gasteiger partial charge on any atom is -0.482 e. The van der Waals surface area contributed by atoms with Crippen molar-refractivity contribution in [3.63, 3.8) is 0 Å². The van der Waals surface area contributed by atoms with Gasteiger partial charge in [-0.2, -0.15) is 9.78 Å². The Balaban J connectivity index is 1.06. The van der Waals surface area contributed by atoms with E-state index in [0.717, 1.165) is 37.5 Å². The molecule has 2 spiro atoms. The first-order valence-corrected chi connectivity index (χ1v) is 12.5. The predicted octanol–water partition coefficient (Wildman–Crippen LogP) is 5.11. The van der Waals surface area contributed by atoms with E-state index < -0.39 is 11.6 Å². The topological polar surface area (TPSA) is 63.2 Å². The third-order valence-electron chi connectivity index (χ3n) is 8.71. The van der Waals surface area contributed by atoms with Gasteiger partial charge in [0.15, 0.2) is 6.61 Å². The highest BCUT2D eigenvalue weighted by molar-refractivity contribution is 5.71. The zero-order chi connectivity index (χ0) is 21.8. The van der Waals surface area contributed by atoms with E-state index in [1.165, 1.54) is 37.7 Å². The fraction of sp³-hybridized carbons (Fsp3) is 0.731. The zero-order valence-corrected chi connectivity index (χ0v) is 18.9. The monoisotopic (exact) mass is 442 g/mol. The van der Waals surface area contributed by atoms with Crippen LogP contribution in [0.3, 0.4) is 0 Å². The Labute approximate surface area is 189 Å². The van der Waals surface area contributed by atoms with Crippen LogP contribution in [-0.2, 0) is 24.0 Å². The summed E-state index contributed by atoms with van der Waals surface area (Å²) in [6.07, 6.45) is 10.2. The second-order valence-electron chi connectivity index (χ2n) is 10.6. The Hall–Kier alpha value is -1.63. The van der Waals surface area contributed by atoms with Gasteiger partial charge in [0.1, 0.15) is 5.75 Å². The van der Waals surface area contributed by atoms with Crippen LogP contribution < -0.4 is 4.74 Å². The average Bonchev–Trinajstić information content (AvgIpc) is 3.17. The molecule has 1 aromatic rings. The molecule has 1 saturated heterocycles. The summed E-state index contributed by atoms with van der Waals surface area (Å²) in [5.74, 6) is 2.57. The highest BCUT2D eigenvalue weighted by atomic mass is 17.3. The maximum Gasteiger partial charge on any atom is 0.344 e. The number of ether oxygens (including phenoxy) is 3. The third kappa shape index (κ3) is 3.55. The number of benzene rings is 1. The van der Waals surface area contributed by atoms with Crippen LogP contribution >= 0.6 is 0 Å². The van der Waals surface area contributed by atoms with Crippen molar-refractivity contribution < 1.29 is 28.8 Å². The lowest BCUT2D eigenvalue weighted by Crippen LogP contribution is -2.59. The van der Waals surface area contributed by atoms with E-state index >= 15 is 0 Å². The molecule has 0 N–H and O–H groups in total. The molecule has 0 atom stereocenters. The van der Waals surface area contributed by atoms with Crippen molar-refractivity contribution in [2.45, 2.75) is 82.2 Å². The molecule has 4 bridgehead atoms. The van der Waals surface area contributed by atoms with Gasteiger partial charge in [0.05, 0.1) is 6.61 Å². The normalized spacial score (nSPS) is 42.0. The average molecular weight is 443 g/mol. The van der Waals surface area contributed by atoms with Crippen LogP contribution in [0.1, 0.15) is 76.2 Å². The molecule has 0 radical (unpaired) electrons. The molecule has 32 heavy (non-hydrogen) atoms. The number of carbonyl (C=O) groups is 1. The van der Waals surface area contributed by atoms with Crippen molar-refractivity contribution in [1.29, 1.82) is 0 Å². The van der Waals surface area contributed by atoms with E-state index in [-0.39, 0.29) is 12.6 Å². The first-order valence-electron chi connectivity index (χ1n) is 12.5. The summed E-state index contributed by atoms with van der Waals surface area (Å²) in [6, 6.07) is 8.09. The largest absolute Gasteiger partial charge is 0.482 e. The summed E-state index contributed by atoms with van der Waals surface area (Å²) in [5.41, 5.74) is 1.30. The SMILES string of the molecule is CCOC(=O)COc1ccc(C2CCC3(CC2)OOC2(O3)C3CC4CC(C3)CC2C4)cc1. The lowest BCUT2D eigenvalue weighted by Gasteiger charge is -2.57. The van der Waals surface area contributed by atoms with Crippen LogP contribution in [0.5, 0.6) is 5.75 Å². The van der Waals surface area contributed by atoms with Gasteiger partial charge in [-0.1, -0.05) is 12.1 Å². The number of hydrogen-bond acceptors (Lipinski definition) is 6. The van der Waals surface area contributed by atoms with Crippen molar-refractivity contribution in [2.75, 3.05) is 13.2 Å². The van der Waals surface area contributed by atoms with Gasteiger partial charge in [-0.05, 0) is 87.3 Å². The van der Waals surface area contributed by atoms with Crippen LogP contribution in [0, 0.1) is 23.7 Å². The van der Waals surface area contributed by atoms with E-state index in [2.05, 4.69) is 12.1 Å². The molecule has 6 fully saturated rings. The number of hydrogen-bond donors (Lipinski definition) is 0. The van der Waals surface area contributed by atoms with Crippen LogP contribution in [0.15, 0.2) is 24.3 Å². The highest BCUT2D eigenvalue weighted by Gasteiger charge is 2.66. The molecular weight excluding hydrogens is 408 g/mol. The van der Waals surface area contributed by atoms with Crippen molar-refractivity contribution in [1.82, 2.24) is 0 Å². The van der Waals surface area contributed by atoms with E-state index in [1.54, 1.807) is 6.92 Å². The van der Waals surface area contributed by atoms with Gasteiger partial charge in [0.25, 0.3) is 0 Å². The molecule has 6 heteroatoms. The van der Waals surface area contributed by atoms with E-state index in [0.29, 0.717) is 30.1 Å². The third-order valence-corrected chi connectivity index (χ3v) is 8.71. The van der Waals surface area contributed by atoms with E-state index in [9.17, 15) is 4.79 Å². The fourth-order valence-corrected chi connectivity index (χ4v) is 7.37. The van der Waals surface area contributed by atoms with Gasteiger partial charge in [0.2, 0.25) is 11.6 Å². The van der Waals surface area contributed by atoms with Gasteiger partial charge in [-0.25, -0.2) is 4.79 Å². The van der Waals surface area contributed by atoms with E-state index in [4.69, 9.17) is 24.0 Å².